The van der Waals surface area contributed by atoms with E-state index < -0.39 is 24.2 Å². The van der Waals surface area contributed by atoms with Gasteiger partial charge in [0.25, 0.3) is 0 Å². The Labute approximate surface area is 243 Å². The number of nitrogens with one attached hydrogen (secondary N) is 2. The third kappa shape index (κ3) is 5.77. The van der Waals surface area contributed by atoms with Crippen LogP contribution in [0.2, 0.25) is 0 Å². The van der Waals surface area contributed by atoms with Gasteiger partial charge in [0.05, 0.1) is 23.5 Å². The first-order valence-electron chi connectivity index (χ1n) is 14.3. The molecule has 5 rings (SSSR count). The van der Waals surface area contributed by atoms with Crippen LogP contribution in [-0.2, 0) is 19.2 Å². The Hall–Kier alpha value is -4.16. The summed E-state index contributed by atoms with van der Waals surface area (Å²) >= 11 is 0. The molecule has 3 aliphatic rings. The highest BCUT2D eigenvalue weighted by molar-refractivity contribution is 5.99. The molecule has 12 heteroatoms. The van der Waals surface area contributed by atoms with Crippen molar-refractivity contribution in [3.8, 4) is 11.5 Å². The van der Waals surface area contributed by atoms with E-state index in [0.717, 1.165) is 12.8 Å². The maximum absolute atomic E-state index is 12.9. The summed E-state index contributed by atoms with van der Waals surface area (Å²) in [5.41, 5.74) is 1.76. The van der Waals surface area contributed by atoms with Crippen molar-refractivity contribution in [2.24, 2.45) is 0 Å². The van der Waals surface area contributed by atoms with Gasteiger partial charge in [-0.1, -0.05) is 12.1 Å². The zero-order chi connectivity index (χ0) is 30.1. The van der Waals surface area contributed by atoms with Crippen LogP contribution in [0.1, 0.15) is 75.6 Å². The zero-order valence-corrected chi connectivity index (χ0v) is 23.7. The number of phenolic OH excluding ortho intramolecular Hbond substituents is 2. The molecule has 4 unspecified atom stereocenters. The van der Waals surface area contributed by atoms with Gasteiger partial charge in [-0.2, -0.15) is 5.06 Å². The third-order valence-electron chi connectivity index (χ3n) is 8.60. The molecule has 42 heavy (non-hydrogen) atoms. The normalized spacial score (nSPS) is 24.2. The average molecular weight is 580 g/mol. The van der Waals surface area contributed by atoms with E-state index in [1.807, 2.05) is 0 Å². The average Bonchev–Trinajstić information content (AvgIpc) is 3.71. The van der Waals surface area contributed by atoms with Gasteiger partial charge in [0, 0.05) is 26.9 Å². The van der Waals surface area contributed by atoms with Gasteiger partial charge < -0.3 is 35.9 Å². The molecule has 0 spiro atoms. The van der Waals surface area contributed by atoms with Crippen LogP contribution in [0.3, 0.4) is 0 Å². The number of carbonyl (C=O) groups excluding carboxylic acids is 4. The third-order valence-corrected chi connectivity index (χ3v) is 8.60. The molecule has 0 saturated carbocycles. The summed E-state index contributed by atoms with van der Waals surface area (Å²) < 4.78 is 0. The summed E-state index contributed by atoms with van der Waals surface area (Å²) in [6.45, 7) is 3.89. The van der Waals surface area contributed by atoms with E-state index in [1.54, 1.807) is 24.3 Å². The number of rotatable bonds is 6. The number of carbonyl (C=O) groups is 4. The number of aromatic hydroxyl groups is 2. The second-order valence-corrected chi connectivity index (χ2v) is 11.3. The highest BCUT2D eigenvalue weighted by Crippen LogP contribution is 2.45. The molecule has 3 heterocycles. The van der Waals surface area contributed by atoms with Gasteiger partial charge in [-0.15, -0.1) is 0 Å². The lowest BCUT2D eigenvalue weighted by atomic mass is 10.0. The fourth-order valence-corrected chi connectivity index (χ4v) is 6.42. The Morgan fingerprint density at radius 1 is 0.690 bits per heavy atom. The van der Waals surface area contributed by atoms with E-state index in [4.69, 9.17) is 0 Å². The number of hydroxylamine groups is 2. The smallest absolute Gasteiger partial charge is 0.247 e. The number of nitrogens with zero attached hydrogens (tertiary/aromatic N) is 3. The van der Waals surface area contributed by atoms with Gasteiger partial charge in [-0.3, -0.25) is 19.2 Å². The van der Waals surface area contributed by atoms with Crippen LogP contribution < -0.4 is 10.6 Å². The monoisotopic (exact) mass is 579 g/mol. The largest absolute Gasteiger partial charge is 0.506 e. The number of phenols is 2. The number of hydrogen-bond acceptors (Lipinski definition) is 8. The van der Waals surface area contributed by atoms with Crippen molar-refractivity contribution in [2.45, 2.75) is 76.5 Å². The van der Waals surface area contributed by atoms with Gasteiger partial charge in [0.15, 0.2) is 0 Å². The second kappa shape index (κ2) is 12.0. The standard InChI is InChI=1S/C30H37N5O7/c1-17(36)33-13-3-5-25(33)29(40)31-21-15-19(7-11-27(21)38)23-9-10-24(35(23)42)20-8-12-28(39)22(16-20)32-30(41)26-6-4-14-34(26)18(2)37/h7-8,11-12,15-16,23-26,38-39,42H,3-6,9-10,13-14H2,1-2H3,(H,31,40)(H,32,41). The summed E-state index contributed by atoms with van der Waals surface area (Å²) in [7, 11) is 0. The lowest BCUT2D eigenvalue weighted by Crippen LogP contribution is -2.42. The fraction of sp³-hybridized carbons (Fsp3) is 0.467. The van der Waals surface area contributed by atoms with Gasteiger partial charge in [-0.05, 0) is 73.9 Å². The minimum Gasteiger partial charge on any atom is -0.506 e. The number of benzene rings is 2. The molecular weight excluding hydrogens is 542 g/mol. The highest BCUT2D eigenvalue weighted by Gasteiger charge is 2.37. The van der Waals surface area contributed by atoms with Crippen molar-refractivity contribution < 1.29 is 34.6 Å². The van der Waals surface area contributed by atoms with Crippen molar-refractivity contribution in [1.29, 1.82) is 0 Å². The van der Waals surface area contributed by atoms with Crippen LogP contribution in [0.5, 0.6) is 11.5 Å². The minimum absolute atomic E-state index is 0.122. The van der Waals surface area contributed by atoms with Crippen molar-refractivity contribution in [1.82, 2.24) is 14.9 Å². The summed E-state index contributed by atoms with van der Waals surface area (Å²) in [5, 5.41) is 38.8. The summed E-state index contributed by atoms with van der Waals surface area (Å²) in [6.07, 6.45) is 3.69. The van der Waals surface area contributed by atoms with Crippen LogP contribution in [0.25, 0.3) is 0 Å². The number of anilines is 2. The SMILES string of the molecule is CC(=O)N1CCCC1C(=O)Nc1cc(C2CCC(c3ccc(O)c(NC(=O)C4CCCN4C(C)=O)c3)N2O)ccc1O. The summed E-state index contributed by atoms with van der Waals surface area (Å²) in [6, 6.07) is 7.46. The fourth-order valence-electron chi connectivity index (χ4n) is 6.42. The van der Waals surface area contributed by atoms with Crippen molar-refractivity contribution >= 4 is 35.0 Å². The molecule has 2 aromatic carbocycles. The van der Waals surface area contributed by atoms with Gasteiger partial charge >= 0.3 is 0 Å². The first-order chi connectivity index (χ1) is 20.0. The Morgan fingerprint density at radius 3 is 1.48 bits per heavy atom. The summed E-state index contributed by atoms with van der Waals surface area (Å²) in [5.74, 6) is -1.34. The molecule has 224 valence electrons. The van der Waals surface area contributed by atoms with Crippen LogP contribution in [-0.4, -0.2) is 79.1 Å². The molecule has 4 atom stereocenters. The van der Waals surface area contributed by atoms with Crippen molar-refractivity contribution in [3.63, 3.8) is 0 Å². The molecule has 0 aliphatic carbocycles. The molecule has 3 aliphatic heterocycles. The van der Waals surface area contributed by atoms with Gasteiger partial charge in [0.1, 0.15) is 23.6 Å². The second-order valence-electron chi connectivity index (χ2n) is 11.3. The quantitative estimate of drug-likeness (QED) is 0.326. The molecule has 0 radical (unpaired) electrons. The molecule has 2 aromatic rings. The van der Waals surface area contributed by atoms with E-state index in [1.165, 1.54) is 40.8 Å². The molecule has 0 bridgehead atoms. The molecule has 5 N–H and O–H groups in total. The van der Waals surface area contributed by atoms with E-state index in [0.29, 0.717) is 49.9 Å². The summed E-state index contributed by atoms with van der Waals surface area (Å²) in [4.78, 5) is 52.7. The zero-order valence-electron chi connectivity index (χ0n) is 23.7. The van der Waals surface area contributed by atoms with E-state index in [2.05, 4.69) is 10.6 Å². The molecule has 3 fully saturated rings. The van der Waals surface area contributed by atoms with E-state index in [9.17, 15) is 34.6 Å². The Bertz CT molecular complexity index is 1290. The highest BCUT2D eigenvalue weighted by atomic mass is 16.5. The van der Waals surface area contributed by atoms with Crippen LogP contribution in [0.15, 0.2) is 36.4 Å². The minimum atomic E-state index is -0.598. The predicted molar refractivity (Wildman–Crippen MR) is 153 cm³/mol. The first kappa shape index (κ1) is 29.3. The van der Waals surface area contributed by atoms with Crippen molar-refractivity contribution in [2.75, 3.05) is 23.7 Å². The Morgan fingerprint density at radius 2 is 1.10 bits per heavy atom. The van der Waals surface area contributed by atoms with Crippen LogP contribution in [0.4, 0.5) is 11.4 Å². The topological polar surface area (TPSA) is 163 Å². The van der Waals surface area contributed by atoms with E-state index >= 15 is 0 Å². The van der Waals surface area contributed by atoms with Crippen molar-refractivity contribution in [3.05, 3.63) is 47.5 Å². The van der Waals surface area contributed by atoms with E-state index in [-0.39, 0.29) is 46.5 Å². The van der Waals surface area contributed by atoms with Gasteiger partial charge in [0.2, 0.25) is 23.6 Å². The first-order valence-corrected chi connectivity index (χ1v) is 14.3. The van der Waals surface area contributed by atoms with Crippen LogP contribution in [0, 0.1) is 0 Å². The predicted octanol–water partition coefficient (Wildman–Crippen LogP) is 3.26. The number of hydrogen-bond donors (Lipinski definition) is 5. The Kier molecular flexibility index (Phi) is 8.37. The molecule has 4 amide bonds. The lowest BCUT2D eigenvalue weighted by Gasteiger charge is -2.26. The Balaban J connectivity index is 1.29. The molecule has 0 aromatic heterocycles. The van der Waals surface area contributed by atoms with Crippen LogP contribution >= 0.6 is 0 Å². The maximum atomic E-state index is 12.9. The van der Waals surface area contributed by atoms with Gasteiger partial charge in [-0.25, -0.2) is 0 Å². The maximum Gasteiger partial charge on any atom is 0.247 e. The molecule has 3 saturated heterocycles. The molecule has 12 nitrogen and oxygen atoms in total. The lowest BCUT2D eigenvalue weighted by molar-refractivity contribution is -0.137. The number of amides is 4. The molecular formula is C30H37N5O7. The number of likely N-dealkylation sites (tertiary alicyclic amines) is 2.